The van der Waals surface area contributed by atoms with Gasteiger partial charge in [0.25, 0.3) is 0 Å². The van der Waals surface area contributed by atoms with Gasteiger partial charge in [0, 0.05) is 18.6 Å². The smallest absolute Gasteiger partial charge is 0.0235 e. The van der Waals surface area contributed by atoms with E-state index in [0.717, 1.165) is 6.04 Å². The number of hydrogen-bond donors (Lipinski definition) is 1. The first-order valence-electron chi connectivity index (χ1n) is 5.44. The van der Waals surface area contributed by atoms with Crippen molar-refractivity contribution in [1.82, 2.24) is 9.80 Å². The summed E-state index contributed by atoms with van der Waals surface area (Å²) < 4.78 is 0. The van der Waals surface area contributed by atoms with Gasteiger partial charge in [0.05, 0.1) is 0 Å². The monoisotopic (exact) mass is 183 g/mol. The number of nitrogens with zero attached hydrogens (tertiary/aromatic N) is 2. The molecule has 2 saturated heterocycles. The maximum absolute atomic E-state index is 5.89. The summed E-state index contributed by atoms with van der Waals surface area (Å²) in [6.45, 7) is 4.97. The van der Waals surface area contributed by atoms with Crippen LogP contribution in [0.25, 0.3) is 0 Å². The molecule has 2 fully saturated rings. The molecular formula is C10H21N3. The van der Waals surface area contributed by atoms with Crippen LogP contribution >= 0.6 is 0 Å². The summed E-state index contributed by atoms with van der Waals surface area (Å²) in [5.41, 5.74) is 5.89. The molecule has 13 heavy (non-hydrogen) atoms. The van der Waals surface area contributed by atoms with Crippen LogP contribution in [0, 0.1) is 0 Å². The molecular weight excluding hydrogens is 162 g/mol. The Bertz CT molecular complexity index is 164. The number of rotatable bonds is 1. The van der Waals surface area contributed by atoms with E-state index in [-0.39, 0.29) is 0 Å². The summed E-state index contributed by atoms with van der Waals surface area (Å²) in [6.07, 6.45) is 3.74. The van der Waals surface area contributed by atoms with Crippen LogP contribution in [0.3, 0.4) is 0 Å². The molecule has 0 aromatic carbocycles. The molecule has 2 heterocycles. The van der Waals surface area contributed by atoms with E-state index >= 15 is 0 Å². The van der Waals surface area contributed by atoms with E-state index < -0.39 is 0 Å². The summed E-state index contributed by atoms with van der Waals surface area (Å²) in [5.74, 6) is 0. The summed E-state index contributed by atoms with van der Waals surface area (Å²) in [4.78, 5) is 5.06. The SMILES string of the molecule is CN1CCC(N2CCC(N)CC2)C1. The fourth-order valence-corrected chi connectivity index (χ4v) is 2.49. The van der Waals surface area contributed by atoms with Crippen LogP contribution in [0.15, 0.2) is 0 Å². The lowest BCUT2D eigenvalue weighted by atomic mass is 10.0. The molecule has 0 aliphatic carbocycles. The van der Waals surface area contributed by atoms with Crippen LogP contribution in [0.2, 0.25) is 0 Å². The van der Waals surface area contributed by atoms with Gasteiger partial charge in [-0.25, -0.2) is 0 Å². The second-order valence-corrected chi connectivity index (χ2v) is 4.58. The van der Waals surface area contributed by atoms with Crippen LogP contribution in [0.5, 0.6) is 0 Å². The van der Waals surface area contributed by atoms with E-state index in [1.165, 1.54) is 45.4 Å². The number of nitrogens with two attached hydrogens (primary N) is 1. The Labute approximate surface area is 80.9 Å². The van der Waals surface area contributed by atoms with E-state index in [1.807, 2.05) is 0 Å². The molecule has 2 aliphatic heterocycles. The first kappa shape index (κ1) is 9.44. The Kier molecular flexibility index (Phi) is 2.86. The lowest BCUT2D eigenvalue weighted by Crippen LogP contribution is -2.45. The Morgan fingerprint density at radius 1 is 1.08 bits per heavy atom. The number of likely N-dealkylation sites (tertiary alicyclic amines) is 2. The van der Waals surface area contributed by atoms with Crippen molar-refractivity contribution in [1.29, 1.82) is 0 Å². The van der Waals surface area contributed by atoms with E-state index in [1.54, 1.807) is 0 Å². The van der Waals surface area contributed by atoms with E-state index in [0.29, 0.717) is 6.04 Å². The van der Waals surface area contributed by atoms with Gasteiger partial charge in [0.1, 0.15) is 0 Å². The summed E-state index contributed by atoms with van der Waals surface area (Å²) in [7, 11) is 2.22. The first-order chi connectivity index (χ1) is 6.25. The van der Waals surface area contributed by atoms with Crippen LogP contribution in [-0.4, -0.2) is 55.1 Å². The predicted molar refractivity (Wildman–Crippen MR) is 54.7 cm³/mol. The molecule has 0 amide bonds. The Hall–Kier alpha value is -0.120. The predicted octanol–water partition coefficient (Wildman–Crippen LogP) is 0.114. The molecule has 0 saturated carbocycles. The Morgan fingerprint density at radius 2 is 1.77 bits per heavy atom. The van der Waals surface area contributed by atoms with Gasteiger partial charge in [-0.1, -0.05) is 0 Å². The number of hydrogen-bond acceptors (Lipinski definition) is 3. The molecule has 0 aromatic heterocycles. The molecule has 0 spiro atoms. The molecule has 76 valence electrons. The minimum Gasteiger partial charge on any atom is -0.328 e. The van der Waals surface area contributed by atoms with Gasteiger partial charge in [-0.15, -0.1) is 0 Å². The molecule has 3 heteroatoms. The standard InChI is InChI=1S/C10H21N3/c1-12-5-4-10(8-12)13-6-2-9(11)3-7-13/h9-10H,2-8,11H2,1H3. The number of piperidine rings is 1. The molecule has 1 unspecified atom stereocenters. The average Bonchev–Trinajstić information content (AvgIpc) is 2.53. The highest BCUT2D eigenvalue weighted by atomic mass is 15.2. The van der Waals surface area contributed by atoms with Gasteiger partial charge < -0.3 is 10.6 Å². The molecule has 1 atom stereocenters. The van der Waals surface area contributed by atoms with Crippen molar-refractivity contribution < 1.29 is 0 Å². The quantitative estimate of drug-likeness (QED) is 0.626. The largest absolute Gasteiger partial charge is 0.328 e. The van der Waals surface area contributed by atoms with Crippen LogP contribution in [-0.2, 0) is 0 Å². The van der Waals surface area contributed by atoms with Crippen molar-refractivity contribution >= 4 is 0 Å². The third-order valence-electron chi connectivity index (χ3n) is 3.46. The zero-order chi connectivity index (χ0) is 9.26. The minimum absolute atomic E-state index is 0.468. The highest BCUT2D eigenvalue weighted by Crippen LogP contribution is 2.18. The fraction of sp³-hybridized carbons (Fsp3) is 1.00. The second kappa shape index (κ2) is 3.95. The molecule has 0 bridgehead atoms. The normalized spacial score (nSPS) is 34.2. The van der Waals surface area contributed by atoms with Crippen LogP contribution in [0.1, 0.15) is 19.3 Å². The zero-order valence-electron chi connectivity index (χ0n) is 8.58. The van der Waals surface area contributed by atoms with Crippen molar-refractivity contribution in [2.75, 3.05) is 33.2 Å². The molecule has 2 N–H and O–H groups in total. The topological polar surface area (TPSA) is 32.5 Å². The molecule has 0 radical (unpaired) electrons. The van der Waals surface area contributed by atoms with Crippen molar-refractivity contribution in [3.63, 3.8) is 0 Å². The van der Waals surface area contributed by atoms with Gasteiger partial charge in [-0.05, 0) is 45.9 Å². The van der Waals surface area contributed by atoms with Gasteiger partial charge in [0.15, 0.2) is 0 Å². The van der Waals surface area contributed by atoms with Crippen molar-refractivity contribution in [2.24, 2.45) is 5.73 Å². The molecule has 0 aromatic rings. The highest BCUT2D eigenvalue weighted by Gasteiger charge is 2.27. The van der Waals surface area contributed by atoms with Gasteiger partial charge in [0.2, 0.25) is 0 Å². The Balaban J connectivity index is 1.81. The molecule has 3 nitrogen and oxygen atoms in total. The van der Waals surface area contributed by atoms with Gasteiger partial charge in [-0.2, -0.15) is 0 Å². The van der Waals surface area contributed by atoms with Gasteiger partial charge >= 0.3 is 0 Å². The van der Waals surface area contributed by atoms with E-state index in [4.69, 9.17) is 5.73 Å². The highest BCUT2D eigenvalue weighted by molar-refractivity contribution is 4.85. The molecule has 2 aliphatic rings. The first-order valence-corrected chi connectivity index (χ1v) is 5.44. The second-order valence-electron chi connectivity index (χ2n) is 4.58. The maximum atomic E-state index is 5.89. The zero-order valence-corrected chi connectivity index (χ0v) is 8.58. The van der Waals surface area contributed by atoms with Crippen molar-refractivity contribution in [3.05, 3.63) is 0 Å². The minimum atomic E-state index is 0.468. The van der Waals surface area contributed by atoms with E-state index in [2.05, 4.69) is 16.8 Å². The average molecular weight is 183 g/mol. The lowest BCUT2D eigenvalue weighted by Gasteiger charge is -2.34. The third kappa shape index (κ3) is 2.22. The summed E-state index contributed by atoms with van der Waals surface area (Å²) in [5, 5.41) is 0. The summed E-state index contributed by atoms with van der Waals surface area (Å²) in [6, 6.07) is 1.29. The van der Waals surface area contributed by atoms with Crippen LogP contribution < -0.4 is 5.73 Å². The lowest BCUT2D eigenvalue weighted by molar-refractivity contribution is 0.155. The molecule has 2 rings (SSSR count). The van der Waals surface area contributed by atoms with Crippen molar-refractivity contribution in [3.8, 4) is 0 Å². The maximum Gasteiger partial charge on any atom is 0.0235 e. The van der Waals surface area contributed by atoms with Crippen LogP contribution in [0.4, 0.5) is 0 Å². The third-order valence-corrected chi connectivity index (χ3v) is 3.46. The summed E-state index contributed by atoms with van der Waals surface area (Å²) >= 11 is 0. The van der Waals surface area contributed by atoms with Gasteiger partial charge in [-0.3, -0.25) is 4.90 Å². The fourth-order valence-electron chi connectivity index (χ4n) is 2.49. The van der Waals surface area contributed by atoms with E-state index in [9.17, 15) is 0 Å². The Morgan fingerprint density at radius 3 is 2.31 bits per heavy atom. The number of likely N-dealkylation sites (N-methyl/N-ethyl adjacent to an activating group) is 1. The van der Waals surface area contributed by atoms with Crippen molar-refractivity contribution in [2.45, 2.75) is 31.3 Å².